The molecule has 0 saturated carbocycles. The van der Waals surface area contributed by atoms with E-state index in [2.05, 4.69) is 10.6 Å². The monoisotopic (exact) mass is 112 g/mol. The van der Waals surface area contributed by atoms with Gasteiger partial charge in [-0.05, 0) is 31.8 Å². The first-order valence-corrected chi connectivity index (χ1v) is 3.43. The van der Waals surface area contributed by atoms with Crippen molar-refractivity contribution in [1.82, 2.24) is 10.6 Å². The van der Waals surface area contributed by atoms with Crippen LogP contribution in [0.15, 0.2) is 0 Å². The van der Waals surface area contributed by atoms with E-state index in [4.69, 9.17) is 0 Å². The second kappa shape index (κ2) is 1.71. The van der Waals surface area contributed by atoms with Crippen molar-refractivity contribution in [2.75, 3.05) is 13.1 Å². The molecule has 0 aliphatic carbocycles. The van der Waals surface area contributed by atoms with E-state index >= 15 is 0 Å². The third-order valence-electron chi connectivity index (χ3n) is 2.23. The van der Waals surface area contributed by atoms with Crippen molar-refractivity contribution < 1.29 is 0 Å². The van der Waals surface area contributed by atoms with Gasteiger partial charge in [-0.1, -0.05) is 0 Å². The van der Waals surface area contributed by atoms with Gasteiger partial charge in [0, 0.05) is 0 Å². The summed E-state index contributed by atoms with van der Waals surface area (Å²) in [5, 5.41) is 6.81. The summed E-state index contributed by atoms with van der Waals surface area (Å²) in [5.41, 5.74) is 0. The zero-order valence-corrected chi connectivity index (χ0v) is 4.98. The minimum atomic E-state index is 0.676. The molecule has 0 bridgehead atoms. The third kappa shape index (κ3) is 0.565. The largest absolute Gasteiger partial charge is 0.302 e. The Bertz CT molecular complexity index is 72.5. The van der Waals surface area contributed by atoms with Crippen LogP contribution in [0.2, 0.25) is 0 Å². The van der Waals surface area contributed by atoms with Crippen molar-refractivity contribution in [1.29, 1.82) is 0 Å². The van der Waals surface area contributed by atoms with Crippen LogP contribution in [-0.2, 0) is 0 Å². The summed E-state index contributed by atoms with van der Waals surface area (Å²) in [4.78, 5) is 0. The molecular weight excluding hydrogens is 100 g/mol. The van der Waals surface area contributed by atoms with Crippen molar-refractivity contribution in [2.24, 2.45) is 5.92 Å². The lowest BCUT2D eigenvalue weighted by Crippen LogP contribution is -2.34. The van der Waals surface area contributed by atoms with Gasteiger partial charge < -0.3 is 10.6 Å². The standard InChI is InChI=1S/C6H12N2/c1-3-7-6-5(1)2-4-8-6/h5-8H,1-4H2. The molecule has 0 radical (unpaired) electrons. The molecule has 0 aromatic carbocycles. The van der Waals surface area contributed by atoms with E-state index in [1.54, 1.807) is 0 Å². The van der Waals surface area contributed by atoms with Gasteiger partial charge in [-0.25, -0.2) is 0 Å². The Morgan fingerprint density at radius 2 is 1.62 bits per heavy atom. The summed E-state index contributed by atoms with van der Waals surface area (Å²) in [5.74, 6) is 0.954. The van der Waals surface area contributed by atoms with Crippen LogP contribution in [0.25, 0.3) is 0 Å². The van der Waals surface area contributed by atoms with Crippen molar-refractivity contribution in [3.05, 3.63) is 0 Å². The smallest absolute Gasteiger partial charge is 0.0601 e. The van der Waals surface area contributed by atoms with Gasteiger partial charge in [0.15, 0.2) is 0 Å². The molecule has 46 valence electrons. The molecule has 0 amide bonds. The third-order valence-corrected chi connectivity index (χ3v) is 2.23. The Kier molecular flexibility index (Phi) is 1.02. The molecule has 2 saturated heterocycles. The summed E-state index contributed by atoms with van der Waals surface area (Å²) in [6, 6.07) is 0. The van der Waals surface area contributed by atoms with E-state index in [1.165, 1.54) is 25.9 Å². The Labute approximate surface area is 49.7 Å². The van der Waals surface area contributed by atoms with Crippen molar-refractivity contribution in [3.63, 3.8) is 0 Å². The number of rotatable bonds is 0. The van der Waals surface area contributed by atoms with Crippen molar-refractivity contribution >= 4 is 0 Å². The van der Waals surface area contributed by atoms with E-state index in [0.29, 0.717) is 6.17 Å². The SMILES string of the molecule is C1CC2CCNC2N1. The molecular formula is C6H12N2. The first-order chi connectivity index (χ1) is 3.97. The number of nitrogens with one attached hydrogen (secondary N) is 2. The van der Waals surface area contributed by atoms with E-state index in [9.17, 15) is 0 Å². The van der Waals surface area contributed by atoms with E-state index in [0.717, 1.165) is 5.92 Å². The lowest BCUT2D eigenvalue weighted by Gasteiger charge is -2.06. The molecule has 2 aliphatic heterocycles. The maximum atomic E-state index is 3.41. The van der Waals surface area contributed by atoms with Crippen LogP contribution in [0.3, 0.4) is 0 Å². The zero-order valence-electron chi connectivity index (χ0n) is 4.98. The Hall–Kier alpha value is -0.0800. The summed E-state index contributed by atoms with van der Waals surface area (Å²) in [6.07, 6.45) is 3.45. The van der Waals surface area contributed by atoms with Crippen LogP contribution in [0.1, 0.15) is 12.8 Å². The van der Waals surface area contributed by atoms with Crippen LogP contribution in [0.5, 0.6) is 0 Å². The summed E-state index contributed by atoms with van der Waals surface area (Å²) in [6.45, 7) is 2.45. The molecule has 2 rings (SSSR count). The summed E-state index contributed by atoms with van der Waals surface area (Å²) >= 11 is 0. The maximum Gasteiger partial charge on any atom is 0.0601 e. The van der Waals surface area contributed by atoms with Crippen molar-refractivity contribution in [2.45, 2.75) is 19.0 Å². The summed E-state index contributed by atoms with van der Waals surface area (Å²) in [7, 11) is 0. The minimum Gasteiger partial charge on any atom is -0.302 e. The first kappa shape index (κ1) is 4.77. The average molecular weight is 112 g/mol. The molecule has 2 aliphatic rings. The van der Waals surface area contributed by atoms with E-state index in [-0.39, 0.29) is 0 Å². The molecule has 0 spiro atoms. The highest BCUT2D eigenvalue weighted by molar-refractivity contribution is 4.87. The predicted octanol–water partition coefficient (Wildman–Crippen LogP) is -0.0847. The molecule has 8 heavy (non-hydrogen) atoms. The molecule has 2 heterocycles. The molecule has 0 unspecified atom stereocenters. The lowest BCUT2D eigenvalue weighted by molar-refractivity contribution is 0.486. The van der Waals surface area contributed by atoms with Gasteiger partial charge in [0.05, 0.1) is 6.17 Å². The highest BCUT2D eigenvalue weighted by Gasteiger charge is 2.30. The number of fused-ring (bicyclic) bond motifs is 1. The fourth-order valence-corrected chi connectivity index (χ4v) is 1.73. The minimum absolute atomic E-state index is 0.676. The van der Waals surface area contributed by atoms with Crippen LogP contribution >= 0.6 is 0 Å². The quantitative estimate of drug-likeness (QED) is 0.458. The Balaban J connectivity index is 2.04. The number of hydrogen-bond donors (Lipinski definition) is 2. The van der Waals surface area contributed by atoms with Gasteiger partial charge in [-0.3, -0.25) is 0 Å². The second-order valence-corrected chi connectivity index (χ2v) is 2.72. The van der Waals surface area contributed by atoms with Crippen molar-refractivity contribution in [3.8, 4) is 0 Å². The summed E-state index contributed by atoms with van der Waals surface area (Å²) < 4.78 is 0. The van der Waals surface area contributed by atoms with Gasteiger partial charge in [-0.2, -0.15) is 0 Å². The zero-order chi connectivity index (χ0) is 5.40. The van der Waals surface area contributed by atoms with Crippen LogP contribution in [-0.4, -0.2) is 19.3 Å². The van der Waals surface area contributed by atoms with Gasteiger partial charge in [0.2, 0.25) is 0 Å². The maximum absolute atomic E-state index is 3.41. The van der Waals surface area contributed by atoms with E-state index < -0.39 is 0 Å². The molecule has 2 N–H and O–H groups in total. The van der Waals surface area contributed by atoms with Crippen LogP contribution in [0.4, 0.5) is 0 Å². The van der Waals surface area contributed by atoms with Gasteiger partial charge in [0.1, 0.15) is 0 Å². The highest BCUT2D eigenvalue weighted by Crippen LogP contribution is 2.21. The molecule has 0 aromatic rings. The Morgan fingerprint density at radius 3 is 2.12 bits per heavy atom. The normalized spacial score (nSPS) is 45.0. The molecule has 2 nitrogen and oxygen atoms in total. The lowest BCUT2D eigenvalue weighted by atomic mass is 10.1. The number of hydrogen-bond acceptors (Lipinski definition) is 2. The van der Waals surface area contributed by atoms with Crippen LogP contribution < -0.4 is 10.6 Å². The Morgan fingerprint density at radius 1 is 1.00 bits per heavy atom. The molecule has 2 fully saturated rings. The fourth-order valence-electron chi connectivity index (χ4n) is 1.73. The topological polar surface area (TPSA) is 24.1 Å². The average Bonchev–Trinajstić information content (AvgIpc) is 2.15. The molecule has 0 aromatic heterocycles. The van der Waals surface area contributed by atoms with Gasteiger partial charge in [-0.15, -0.1) is 0 Å². The first-order valence-electron chi connectivity index (χ1n) is 3.43. The van der Waals surface area contributed by atoms with Gasteiger partial charge in [0.25, 0.3) is 0 Å². The van der Waals surface area contributed by atoms with Gasteiger partial charge >= 0.3 is 0 Å². The molecule has 2 heteroatoms. The molecule has 0 atom stereocenters. The highest BCUT2D eigenvalue weighted by atomic mass is 15.2. The predicted molar refractivity (Wildman–Crippen MR) is 32.5 cm³/mol. The second-order valence-electron chi connectivity index (χ2n) is 2.72. The fraction of sp³-hybridized carbons (Fsp3) is 1.00. The van der Waals surface area contributed by atoms with E-state index in [1.807, 2.05) is 0 Å². The van der Waals surface area contributed by atoms with Crippen LogP contribution in [0, 0.1) is 5.92 Å².